The summed E-state index contributed by atoms with van der Waals surface area (Å²) >= 11 is 0. The van der Waals surface area contributed by atoms with Gasteiger partial charge >= 0.3 is 0 Å². The van der Waals surface area contributed by atoms with Gasteiger partial charge in [-0.2, -0.15) is 0 Å². The number of unbranched alkanes of at least 4 members (excludes halogenated alkanes) is 45. The van der Waals surface area contributed by atoms with Crippen molar-refractivity contribution in [3.8, 4) is 0 Å². The SMILES string of the molecule is CCCCCCCCCCCCCCCCCCCCCCCCCCCCCCCCCCCCCCCCC(O)C(=O)NC(COC1OC(CO)C(O)C(O)C1O)C(O)C(O)CCCCCCCCCCC. The third kappa shape index (κ3) is 40.3. The Balaban J connectivity index is 2.04. The Labute approximate surface area is 456 Å². The standard InChI is InChI=1S/C63H125NO10/c1-3-5-7-9-11-13-14-15-16-17-18-19-20-21-22-23-24-25-26-27-28-29-30-31-32-33-34-35-36-37-38-39-40-41-43-45-47-49-51-56(67)62(72)64-54(53-73-63-61(71)60(70)59(69)57(52-65)74-63)58(68)55(66)50-48-46-44-42-12-10-8-6-4-2/h54-61,63,65-71H,3-53H2,1-2H3,(H,64,72). The molecule has 0 bridgehead atoms. The number of nitrogens with one attached hydrogen (secondary N) is 1. The first-order valence-corrected chi connectivity index (χ1v) is 32.4. The molecule has 9 atom stereocenters. The Hall–Kier alpha value is -0.890. The van der Waals surface area contributed by atoms with E-state index in [4.69, 9.17) is 9.47 Å². The van der Waals surface area contributed by atoms with Gasteiger partial charge in [0, 0.05) is 0 Å². The normalized spacial score (nSPS) is 19.7. The van der Waals surface area contributed by atoms with Crippen molar-refractivity contribution in [2.24, 2.45) is 0 Å². The van der Waals surface area contributed by atoms with Crippen LogP contribution in [0.15, 0.2) is 0 Å². The molecule has 11 heteroatoms. The maximum Gasteiger partial charge on any atom is 0.249 e. The summed E-state index contributed by atoms with van der Waals surface area (Å²) in [6.45, 7) is 3.45. The second kappa shape index (κ2) is 52.8. The van der Waals surface area contributed by atoms with Crippen LogP contribution in [0.5, 0.6) is 0 Å². The number of carbonyl (C=O) groups is 1. The van der Waals surface area contributed by atoms with Gasteiger partial charge in [0.2, 0.25) is 5.91 Å². The third-order valence-electron chi connectivity index (χ3n) is 16.2. The van der Waals surface area contributed by atoms with Gasteiger partial charge in [0.15, 0.2) is 6.29 Å². The molecule has 0 aromatic carbocycles. The van der Waals surface area contributed by atoms with Crippen molar-refractivity contribution in [1.29, 1.82) is 0 Å². The van der Waals surface area contributed by atoms with Crippen LogP contribution in [0.1, 0.15) is 328 Å². The van der Waals surface area contributed by atoms with Crippen molar-refractivity contribution in [3.63, 3.8) is 0 Å². The highest BCUT2D eigenvalue weighted by atomic mass is 16.7. The van der Waals surface area contributed by atoms with Crippen LogP contribution in [0.25, 0.3) is 0 Å². The highest BCUT2D eigenvalue weighted by molar-refractivity contribution is 5.80. The van der Waals surface area contributed by atoms with E-state index in [2.05, 4.69) is 19.2 Å². The van der Waals surface area contributed by atoms with Crippen LogP contribution in [0.4, 0.5) is 0 Å². The lowest BCUT2D eigenvalue weighted by Gasteiger charge is -2.40. The van der Waals surface area contributed by atoms with Crippen molar-refractivity contribution < 1.29 is 50.0 Å². The summed E-state index contributed by atoms with van der Waals surface area (Å²) < 4.78 is 11.1. The second-order valence-electron chi connectivity index (χ2n) is 23.2. The maximum absolute atomic E-state index is 13.1. The minimum Gasteiger partial charge on any atom is -0.394 e. The van der Waals surface area contributed by atoms with E-state index < -0.39 is 74.2 Å². The van der Waals surface area contributed by atoms with E-state index in [1.54, 1.807) is 0 Å². The molecule has 1 fully saturated rings. The van der Waals surface area contributed by atoms with Gasteiger partial charge in [-0.3, -0.25) is 4.79 Å². The first-order valence-electron chi connectivity index (χ1n) is 32.4. The van der Waals surface area contributed by atoms with Crippen LogP contribution in [0.3, 0.4) is 0 Å². The first kappa shape index (κ1) is 71.1. The zero-order chi connectivity index (χ0) is 54.0. The summed E-state index contributed by atoms with van der Waals surface area (Å²) in [4.78, 5) is 13.1. The zero-order valence-corrected chi connectivity index (χ0v) is 48.6. The summed E-state index contributed by atoms with van der Waals surface area (Å²) in [5.74, 6) is -0.691. The topological polar surface area (TPSA) is 189 Å². The van der Waals surface area contributed by atoms with Gasteiger partial charge in [-0.05, 0) is 12.8 Å². The zero-order valence-electron chi connectivity index (χ0n) is 48.6. The quantitative estimate of drug-likeness (QED) is 0.0272. The maximum atomic E-state index is 13.1. The van der Waals surface area contributed by atoms with E-state index in [9.17, 15) is 40.5 Å². The van der Waals surface area contributed by atoms with E-state index >= 15 is 0 Å². The van der Waals surface area contributed by atoms with Crippen molar-refractivity contribution >= 4 is 5.91 Å². The fourth-order valence-corrected chi connectivity index (χ4v) is 10.9. The Morgan fingerprint density at radius 3 is 1.00 bits per heavy atom. The molecule has 1 rings (SSSR count). The second-order valence-corrected chi connectivity index (χ2v) is 23.2. The van der Waals surface area contributed by atoms with E-state index in [0.717, 1.165) is 38.5 Å². The molecule has 8 N–H and O–H groups in total. The molecule has 11 nitrogen and oxygen atoms in total. The summed E-state index contributed by atoms with van der Waals surface area (Å²) in [6, 6.07) is -1.16. The average Bonchev–Trinajstić information content (AvgIpc) is 3.40. The summed E-state index contributed by atoms with van der Waals surface area (Å²) in [5, 5.41) is 75.9. The van der Waals surface area contributed by atoms with E-state index in [0.29, 0.717) is 19.3 Å². The predicted molar refractivity (Wildman–Crippen MR) is 307 cm³/mol. The molecule has 1 heterocycles. The minimum atomic E-state index is -1.66. The number of rotatable bonds is 57. The summed E-state index contributed by atoms with van der Waals surface area (Å²) in [7, 11) is 0. The number of ether oxygens (including phenoxy) is 2. The van der Waals surface area contributed by atoms with Gasteiger partial charge in [-0.25, -0.2) is 0 Å². The number of aliphatic hydroxyl groups excluding tert-OH is 7. The van der Waals surface area contributed by atoms with Crippen LogP contribution in [0.2, 0.25) is 0 Å². The lowest BCUT2D eigenvalue weighted by atomic mass is 9.98. The van der Waals surface area contributed by atoms with E-state index in [-0.39, 0.29) is 6.42 Å². The van der Waals surface area contributed by atoms with Crippen LogP contribution in [-0.4, -0.2) is 110 Å². The molecule has 1 aliphatic rings. The van der Waals surface area contributed by atoms with Crippen molar-refractivity contribution in [1.82, 2.24) is 5.32 Å². The Kier molecular flexibility index (Phi) is 50.7. The van der Waals surface area contributed by atoms with Crippen LogP contribution >= 0.6 is 0 Å². The van der Waals surface area contributed by atoms with Gasteiger partial charge < -0.3 is 50.5 Å². The van der Waals surface area contributed by atoms with Crippen LogP contribution in [-0.2, 0) is 14.3 Å². The molecular weight excluding hydrogens is 931 g/mol. The lowest BCUT2D eigenvalue weighted by Crippen LogP contribution is -2.60. The minimum absolute atomic E-state index is 0.267. The smallest absolute Gasteiger partial charge is 0.249 e. The Morgan fingerprint density at radius 2 is 0.703 bits per heavy atom. The molecule has 0 saturated carbocycles. The van der Waals surface area contributed by atoms with E-state index in [1.165, 1.54) is 250 Å². The molecule has 0 spiro atoms. The fourth-order valence-electron chi connectivity index (χ4n) is 10.9. The molecule has 74 heavy (non-hydrogen) atoms. The molecule has 1 saturated heterocycles. The molecule has 0 radical (unpaired) electrons. The third-order valence-corrected chi connectivity index (χ3v) is 16.2. The highest BCUT2D eigenvalue weighted by Crippen LogP contribution is 2.24. The molecule has 0 aromatic rings. The Morgan fingerprint density at radius 1 is 0.419 bits per heavy atom. The van der Waals surface area contributed by atoms with Crippen molar-refractivity contribution in [2.75, 3.05) is 13.2 Å². The number of hydrogen-bond donors (Lipinski definition) is 8. The average molecular weight is 1060 g/mol. The molecule has 9 unspecified atom stereocenters. The fraction of sp³-hybridized carbons (Fsp3) is 0.984. The highest BCUT2D eigenvalue weighted by Gasteiger charge is 2.44. The summed E-state index contributed by atoms with van der Waals surface area (Å²) in [5.41, 5.74) is 0. The molecule has 1 aliphatic heterocycles. The largest absolute Gasteiger partial charge is 0.394 e. The van der Waals surface area contributed by atoms with Gasteiger partial charge in [-0.15, -0.1) is 0 Å². The van der Waals surface area contributed by atoms with Crippen molar-refractivity contribution in [2.45, 2.75) is 384 Å². The number of amides is 1. The lowest BCUT2D eigenvalue weighted by molar-refractivity contribution is -0.303. The molecule has 1 amide bonds. The first-order chi connectivity index (χ1) is 36.2. The molecular formula is C63H125NO10. The van der Waals surface area contributed by atoms with Crippen LogP contribution in [0, 0.1) is 0 Å². The van der Waals surface area contributed by atoms with Gasteiger partial charge in [0.25, 0.3) is 0 Å². The molecule has 442 valence electrons. The molecule has 0 aromatic heterocycles. The Bertz CT molecular complexity index is 1160. The van der Waals surface area contributed by atoms with Gasteiger partial charge in [0.1, 0.15) is 36.6 Å². The number of hydrogen-bond acceptors (Lipinski definition) is 10. The van der Waals surface area contributed by atoms with E-state index in [1.807, 2.05) is 0 Å². The number of carbonyl (C=O) groups excluding carboxylic acids is 1. The predicted octanol–water partition coefficient (Wildman–Crippen LogP) is 14.5. The van der Waals surface area contributed by atoms with Gasteiger partial charge in [-0.1, -0.05) is 316 Å². The van der Waals surface area contributed by atoms with Crippen LogP contribution < -0.4 is 5.32 Å². The van der Waals surface area contributed by atoms with Crippen molar-refractivity contribution in [3.05, 3.63) is 0 Å². The summed E-state index contributed by atoms with van der Waals surface area (Å²) in [6.07, 6.45) is 51.0. The molecule has 0 aliphatic carbocycles. The van der Waals surface area contributed by atoms with Gasteiger partial charge in [0.05, 0.1) is 25.4 Å². The number of aliphatic hydroxyl groups is 7. The monoisotopic (exact) mass is 1060 g/mol.